The Morgan fingerprint density at radius 2 is 0.875 bits per heavy atom. The van der Waals surface area contributed by atoms with Crippen molar-refractivity contribution in [3.8, 4) is 89.5 Å². The SMILES string of the molecule is CC1(C)c2ccccc2-c2c(-c3ccccc3-c3cc(-c4cc(-c5ccc(-c6ccccc6)cc5)cc(-c5cccc6c5oc5ccccc56)c4)nc(-c4ccccc4)n3)cccc21. The molecule has 3 heteroatoms. The molecule has 0 unspecified atom stereocenters. The second kappa shape index (κ2) is 15.0. The molecule has 11 aromatic rings. The number of hydrogen-bond donors (Lipinski definition) is 0. The molecule has 0 saturated heterocycles. The molecule has 0 N–H and O–H groups in total. The first kappa shape index (κ1) is 37.6. The number of furan rings is 1. The highest BCUT2D eigenvalue weighted by Crippen LogP contribution is 2.53. The van der Waals surface area contributed by atoms with Crippen LogP contribution >= 0.6 is 0 Å². The summed E-state index contributed by atoms with van der Waals surface area (Å²) < 4.78 is 6.64. The van der Waals surface area contributed by atoms with Gasteiger partial charge in [-0.3, -0.25) is 0 Å². The molecule has 0 bridgehead atoms. The summed E-state index contributed by atoms with van der Waals surface area (Å²) in [5.41, 5.74) is 20.6. The summed E-state index contributed by atoms with van der Waals surface area (Å²) in [6.45, 7) is 4.68. The first-order chi connectivity index (χ1) is 31.5. The fourth-order valence-corrected chi connectivity index (χ4v) is 9.93. The van der Waals surface area contributed by atoms with Gasteiger partial charge >= 0.3 is 0 Å². The van der Waals surface area contributed by atoms with E-state index in [0.29, 0.717) is 5.82 Å². The maximum absolute atomic E-state index is 6.64. The van der Waals surface area contributed by atoms with Crippen LogP contribution in [0.3, 0.4) is 0 Å². The van der Waals surface area contributed by atoms with Crippen molar-refractivity contribution in [2.75, 3.05) is 0 Å². The van der Waals surface area contributed by atoms with Crippen LogP contribution in [0.2, 0.25) is 0 Å². The van der Waals surface area contributed by atoms with Gasteiger partial charge in [0.05, 0.1) is 11.4 Å². The first-order valence-electron chi connectivity index (χ1n) is 22.0. The Kier molecular flexibility index (Phi) is 8.84. The Morgan fingerprint density at radius 1 is 0.344 bits per heavy atom. The molecule has 0 fully saturated rings. The molecule has 3 nitrogen and oxygen atoms in total. The van der Waals surface area contributed by atoms with Gasteiger partial charge in [0.25, 0.3) is 0 Å². The van der Waals surface area contributed by atoms with Crippen LogP contribution in [0.15, 0.2) is 223 Å². The summed E-state index contributed by atoms with van der Waals surface area (Å²) in [4.78, 5) is 10.8. The lowest BCUT2D eigenvalue weighted by molar-refractivity contribution is 0.660. The number of fused-ring (bicyclic) bond motifs is 6. The normalized spacial score (nSPS) is 12.7. The summed E-state index contributed by atoms with van der Waals surface area (Å²) in [7, 11) is 0. The molecule has 0 atom stereocenters. The fourth-order valence-electron chi connectivity index (χ4n) is 9.93. The van der Waals surface area contributed by atoms with Crippen LogP contribution in [0, 0.1) is 0 Å². The quantitative estimate of drug-likeness (QED) is 0.161. The Morgan fingerprint density at radius 3 is 1.67 bits per heavy atom. The lowest BCUT2D eigenvalue weighted by Crippen LogP contribution is -2.14. The smallest absolute Gasteiger partial charge is 0.160 e. The molecule has 1 aliphatic rings. The Bertz CT molecular complexity index is 3560. The van der Waals surface area contributed by atoms with E-state index in [1.165, 1.54) is 38.9 Å². The average molecular weight is 819 g/mol. The number of rotatable bonds is 7. The zero-order chi connectivity index (χ0) is 42.8. The number of hydrogen-bond acceptors (Lipinski definition) is 3. The second-order valence-corrected chi connectivity index (χ2v) is 17.3. The highest BCUT2D eigenvalue weighted by Gasteiger charge is 2.36. The van der Waals surface area contributed by atoms with Gasteiger partial charge in [-0.25, -0.2) is 9.97 Å². The highest BCUT2D eigenvalue weighted by atomic mass is 16.3. The van der Waals surface area contributed by atoms with E-state index in [1.807, 2.05) is 18.2 Å². The minimum atomic E-state index is -0.114. The third-order valence-electron chi connectivity index (χ3n) is 13.1. The van der Waals surface area contributed by atoms with E-state index >= 15 is 0 Å². The molecule has 2 heterocycles. The third-order valence-corrected chi connectivity index (χ3v) is 13.1. The molecule has 0 radical (unpaired) electrons. The predicted octanol–water partition coefficient (Wildman–Crippen LogP) is 16.4. The Hall–Kier alpha value is -8.14. The minimum absolute atomic E-state index is 0.114. The van der Waals surface area contributed by atoms with Gasteiger partial charge in [-0.2, -0.15) is 0 Å². The van der Waals surface area contributed by atoms with E-state index in [4.69, 9.17) is 14.4 Å². The third kappa shape index (κ3) is 6.28. The zero-order valence-corrected chi connectivity index (χ0v) is 35.6. The predicted molar refractivity (Wildman–Crippen MR) is 265 cm³/mol. The molecular formula is C61H42N2O. The topological polar surface area (TPSA) is 38.9 Å². The van der Waals surface area contributed by atoms with Gasteiger partial charge in [-0.1, -0.05) is 202 Å². The van der Waals surface area contributed by atoms with Crippen LogP contribution in [-0.2, 0) is 5.41 Å². The Labute approximate surface area is 373 Å². The van der Waals surface area contributed by atoms with Crippen LogP contribution in [-0.4, -0.2) is 9.97 Å². The van der Waals surface area contributed by atoms with E-state index in [1.54, 1.807) is 0 Å². The van der Waals surface area contributed by atoms with E-state index in [2.05, 4.69) is 214 Å². The van der Waals surface area contributed by atoms with Crippen molar-refractivity contribution >= 4 is 21.9 Å². The highest BCUT2D eigenvalue weighted by molar-refractivity contribution is 6.10. The van der Waals surface area contributed by atoms with Crippen molar-refractivity contribution in [3.05, 3.63) is 230 Å². The van der Waals surface area contributed by atoms with Gasteiger partial charge in [0, 0.05) is 38.4 Å². The standard InChI is InChI=1S/C61H42N2O/c1-61(2)53-28-13-11-24-52(53)58-50(26-16-29-54(58)61)47-21-9-10-22-48(47)56-38-55(62-60(63-56)42-19-7-4-8-20-42)45-36-43(41-33-31-40(32-34-41)39-17-5-3-6-18-39)35-44(37-45)46-25-15-27-51-49-23-12-14-30-57(49)64-59(46)51/h3-38H,1-2H3. The summed E-state index contributed by atoms with van der Waals surface area (Å²) in [5, 5.41) is 2.20. The lowest BCUT2D eigenvalue weighted by Gasteiger charge is -2.22. The van der Waals surface area contributed by atoms with Crippen molar-refractivity contribution in [2.24, 2.45) is 0 Å². The number of benzene rings is 9. The summed E-state index contributed by atoms with van der Waals surface area (Å²) in [5.74, 6) is 0.672. The van der Waals surface area contributed by atoms with Gasteiger partial charge in [-0.05, 0) is 91.5 Å². The molecule has 1 aliphatic carbocycles. The first-order valence-corrected chi connectivity index (χ1v) is 22.0. The van der Waals surface area contributed by atoms with Crippen molar-refractivity contribution in [1.29, 1.82) is 0 Å². The van der Waals surface area contributed by atoms with Gasteiger partial charge in [0.2, 0.25) is 0 Å². The van der Waals surface area contributed by atoms with Gasteiger partial charge in [0.15, 0.2) is 5.82 Å². The molecule has 0 saturated carbocycles. The molecule has 12 rings (SSSR count). The number of para-hydroxylation sites is 2. The summed E-state index contributed by atoms with van der Waals surface area (Å²) in [6, 6.07) is 77.8. The molecular weight excluding hydrogens is 777 g/mol. The maximum Gasteiger partial charge on any atom is 0.160 e. The second-order valence-electron chi connectivity index (χ2n) is 17.3. The number of nitrogens with zero attached hydrogens (tertiary/aromatic N) is 2. The van der Waals surface area contributed by atoms with E-state index in [0.717, 1.165) is 77.8 Å². The van der Waals surface area contributed by atoms with Crippen LogP contribution in [0.25, 0.3) is 111 Å². The molecule has 0 amide bonds. The maximum atomic E-state index is 6.64. The van der Waals surface area contributed by atoms with E-state index in [-0.39, 0.29) is 5.41 Å². The van der Waals surface area contributed by atoms with Crippen LogP contribution < -0.4 is 0 Å². The molecule has 0 spiro atoms. The van der Waals surface area contributed by atoms with Gasteiger partial charge in [0.1, 0.15) is 11.2 Å². The van der Waals surface area contributed by atoms with Crippen molar-refractivity contribution in [1.82, 2.24) is 9.97 Å². The van der Waals surface area contributed by atoms with Gasteiger partial charge in [-0.15, -0.1) is 0 Å². The average Bonchev–Trinajstić information content (AvgIpc) is 3.86. The van der Waals surface area contributed by atoms with Crippen LogP contribution in [0.1, 0.15) is 25.0 Å². The van der Waals surface area contributed by atoms with Crippen LogP contribution in [0.4, 0.5) is 0 Å². The fraction of sp³-hybridized carbons (Fsp3) is 0.0492. The minimum Gasteiger partial charge on any atom is -0.455 e. The lowest BCUT2D eigenvalue weighted by atomic mass is 9.81. The van der Waals surface area contributed by atoms with E-state index < -0.39 is 0 Å². The molecule has 302 valence electrons. The van der Waals surface area contributed by atoms with Crippen LogP contribution in [0.5, 0.6) is 0 Å². The molecule has 0 aliphatic heterocycles. The van der Waals surface area contributed by atoms with Gasteiger partial charge < -0.3 is 4.42 Å². The summed E-state index contributed by atoms with van der Waals surface area (Å²) in [6.07, 6.45) is 0. The van der Waals surface area contributed by atoms with Crippen molar-refractivity contribution in [3.63, 3.8) is 0 Å². The Balaban J connectivity index is 1.08. The molecule has 9 aromatic carbocycles. The molecule has 64 heavy (non-hydrogen) atoms. The molecule has 2 aromatic heterocycles. The van der Waals surface area contributed by atoms with E-state index in [9.17, 15) is 0 Å². The largest absolute Gasteiger partial charge is 0.455 e. The zero-order valence-electron chi connectivity index (χ0n) is 35.6. The number of aromatic nitrogens is 2. The van der Waals surface area contributed by atoms with Crippen molar-refractivity contribution in [2.45, 2.75) is 19.3 Å². The van der Waals surface area contributed by atoms with Crippen molar-refractivity contribution < 1.29 is 4.42 Å². The monoisotopic (exact) mass is 818 g/mol. The summed E-state index contributed by atoms with van der Waals surface area (Å²) >= 11 is 0.